The van der Waals surface area contributed by atoms with Crippen molar-refractivity contribution in [3.8, 4) is 0 Å². The van der Waals surface area contributed by atoms with Crippen molar-refractivity contribution in [2.75, 3.05) is 0 Å². The lowest BCUT2D eigenvalue weighted by Crippen LogP contribution is -2.18. The average Bonchev–Trinajstić information content (AvgIpc) is 2.65. The van der Waals surface area contributed by atoms with Crippen LogP contribution in [0.2, 0.25) is 0 Å². The first-order chi connectivity index (χ1) is 7.59. The highest BCUT2D eigenvalue weighted by Crippen LogP contribution is 1.95. The highest BCUT2D eigenvalue weighted by atomic mass is 16.2. The van der Waals surface area contributed by atoms with Crippen LogP contribution in [0.3, 0.4) is 0 Å². The summed E-state index contributed by atoms with van der Waals surface area (Å²) in [5, 5.41) is 2.14. The molecule has 0 aromatic carbocycles. The number of pyridine rings is 1. The standard InChI is InChI=1S/C6H6N2O.C4H5NO2/c7-6(9)5-2-1-3-8-4-5;6-3-1-2-4(7)5-3/h1-4H,(H2,7,9);1-2H2,(H,5,6,7). The number of hydrogen-bond donors (Lipinski definition) is 2. The van der Waals surface area contributed by atoms with E-state index in [1.54, 1.807) is 18.3 Å². The lowest BCUT2D eigenvalue weighted by atomic mass is 10.3. The van der Waals surface area contributed by atoms with Crippen LogP contribution < -0.4 is 11.1 Å². The van der Waals surface area contributed by atoms with Crippen LogP contribution in [0.4, 0.5) is 0 Å². The maximum atomic E-state index is 10.4. The topological polar surface area (TPSA) is 102 Å². The third-order valence-corrected chi connectivity index (χ3v) is 1.80. The predicted octanol–water partition coefficient (Wildman–Crippen LogP) is -0.397. The van der Waals surface area contributed by atoms with Crippen molar-refractivity contribution < 1.29 is 14.4 Å². The third-order valence-electron chi connectivity index (χ3n) is 1.80. The summed E-state index contributed by atoms with van der Waals surface area (Å²) in [6, 6.07) is 3.29. The number of aromatic nitrogens is 1. The molecule has 0 saturated carbocycles. The van der Waals surface area contributed by atoms with Crippen LogP contribution in [-0.2, 0) is 9.59 Å². The number of hydrogen-bond acceptors (Lipinski definition) is 4. The summed E-state index contributed by atoms with van der Waals surface area (Å²) in [7, 11) is 0. The van der Waals surface area contributed by atoms with Crippen LogP contribution >= 0.6 is 0 Å². The van der Waals surface area contributed by atoms with Gasteiger partial charge in [0.2, 0.25) is 17.7 Å². The minimum Gasteiger partial charge on any atom is -0.366 e. The van der Waals surface area contributed by atoms with Gasteiger partial charge >= 0.3 is 0 Å². The summed E-state index contributed by atoms with van der Waals surface area (Å²) in [5.41, 5.74) is 5.38. The summed E-state index contributed by atoms with van der Waals surface area (Å²) in [6.45, 7) is 0. The van der Waals surface area contributed by atoms with Crippen molar-refractivity contribution in [3.05, 3.63) is 30.1 Å². The Hall–Kier alpha value is -2.24. The summed E-state index contributed by atoms with van der Waals surface area (Å²) in [5.74, 6) is -0.738. The zero-order valence-electron chi connectivity index (χ0n) is 8.47. The van der Waals surface area contributed by atoms with E-state index in [-0.39, 0.29) is 11.8 Å². The fraction of sp³-hybridized carbons (Fsp3) is 0.200. The van der Waals surface area contributed by atoms with Gasteiger partial charge in [0.15, 0.2) is 0 Å². The summed E-state index contributed by atoms with van der Waals surface area (Å²) < 4.78 is 0. The molecule has 84 valence electrons. The van der Waals surface area contributed by atoms with Gasteiger partial charge in [-0.15, -0.1) is 0 Å². The molecule has 0 aliphatic carbocycles. The highest BCUT2D eigenvalue weighted by molar-refractivity contribution is 6.01. The molecule has 0 atom stereocenters. The molecule has 6 heteroatoms. The normalized spacial score (nSPS) is 13.8. The molecule has 2 heterocycles. The quantitative estimate of drug-likeness (QED) is 0.630. The minimum atomic E-state index is -0.442. The molecule has 1 aliphatic heterocycles. The van der Waals surface area contributed by atoms with E-state index < -0.39 is 5.91 Å². The third kappa shape index (κ3) is 3.87. The van der Waals surface area contributed by atoms with E-state index >= 15 is 0 Å². The molecule has 0 bridgehead atoms. The number of primary amides is 1. The number of amides is 3. The molecule has 1 fully saturated rings. The summed E-state index contributed by atoms with van der Waals surface area (Å²) >= 11 is 0. The monoisotopic (exact) mass is 221 g/mol. The molecule has 2 rings (SSSR count). The SMILES string of the molecule is NC(=O)c1cccnc1.O=C1CCC(=O)N1. The van der Waals surface area contributed by atoms with Gasteiger partial charge in [-0.2, -0.15) is 0 Å². The van der Waals surface area contributed by atoms with E-state index in [1.165, 1.54) is 6.20 Å². The van der Waals surface area contributed by atoms with Gasteiger partial charge in [0.25, 0.3) is 0 Å². The molecule has 16 heavy (non-hydrogen) atoms. The number of rotatable bonds is 1. The van der Waals surface area contributed by atoms with Crippen LogP contribution in [0, 0.1) is 0 Å². The van der Waals surface area contributed by atoms with Gasteiger partial charge in [-0.25, -0.2) is 0 Å². The van der Waals surface area contributed by atoms with Gasteiger partial charge in [-0.1, -0.05) is 0 Å². The molecule has 1 aliphatic rings. The molecule has 3 N–H and O–H groups in total. The second-order valence-electron chi connectivity index (χ2n) is 3.08. The Morgan fingerprint density at radius 3 is 2.19 bits per heavy atom. The Morgan fingerprint density at radius 1 is 1.31 bits per heavy atom. The van der Waals surface area contributed by atoms with Crippen molar-refractivity contribution in [1.82, 2.24) is 10.3 Å². The number of carbonyl (C=O) groups excluding carboxylic acids is 3. The maximum absolute atomic E-state index is 10.4. The summed E-state index contributed by atoms with van der Waals surface area (Å²) in [4.78, 5) is 34.3. The van der Waals surface area contributed by atoms with Gasteiger partial charge in [-0.3, -0.25) is 24.7 Å². The maximum Gasteiger partial charge on any atom is 0.250 e. The van der Waals surface area contributed by atoms with E-state index in [0.29, 0.717) is 18.4 Å². The molecule has 1 aromatic heterocycles. The lowest BCUT2D eigenvalue weighted by molar-refractivity contribution is -0.124. The first-order valence-corrected chi connectivity index (χ1v) is 4.62. The van der Waals surface area contributed by atoms with Crippen molar-refractivity contribution in [3.63, 3.8) is 0 Å². The number of nitrogens with one attached hydrogen (secondary N) is 1. The van der Waals surface area contributed by atoms with Gasteiger partial charge in [0, 0.05) is 25.2 Å². The Kier molecular flexibility index (Phi) is 4.14. The Morgan fingerprint density at radius 2 is 1.94 bits per heavy atom. The molecule has 0 spiro atoms. The number of nitrogens with zero attached hydrogens (tertiary/aromatic N) is 1. The lowest BCUT2D eigenvalue weighted by Gasteiger charge is -1.88. The largest absolute Gasteiger partial charge is 0.366 e. The second kappa shape index (κ2) is 5.59. The molecule has 6 nitrogen and oxygen atoms in total. The van der Waals surface area contributed by atoms with E-state index in [9.17, 15) is 14.4 Å². The van der Waals surface area contributed by atoms with Crippen LogP contribution in [-0.4, -0.2) is 22.7 Å². The zero-order chi connectivity index (χ0) is 12.0. The highest BCUT2D eigenvalue weighted by Gasteiger charge is 2.15. The van der Waals surface area contributed by atoms with E-state index in [4.69, 9.17) is 5.73 Å². The van der Waals surface area contributed by atoms with E-state index in [0.717, 1.165) is 0 Å². The first kappa shape index (κ1) is 11.8. The van der Waals surface area contributed by atoms with Gasteiger partial charge in [-0.05, 0) is 12.1 Å². The molecular formula is C10H11N3O3. The number of carbonyl (C=O) groups is 3. The fourth-order valence-electron chi connectivity index (χ4n) is 1.02. The molecule has 0 radical (unpaired) electrons. The number of imide groups is 1. The smallest absolute Gasteiger partial charge is 0.250 e. The van der Waals surface area contributed by atoms with Crippen LogP contribution in [0.1, 0.15) is 23.2 Å². The van der Waals surface area contributed by atoms with Gasteiger partial charge < -0.3 is 5.73 Å². The van der Waals surface area contributed by atoms with E-state index in [2.05, 4.69) is 10.3 Å². The average molecular weight is 221 g/mol. The Bertz CT molecular complexity index is 389. The Balaban J connectivity index is 0.000000165. The second-order valence-corrected chi connectivity index (χ2v) is 3.08. The Labute approximate surface area is 91.9 Å². The van der Waals surface area contributed by atoms with Crippen molar-refractivity contribution in [2.24, 2.45) is 5.73 Å². The number of nitrogens with two attached hydrogens (primary N) is 1. The minimum absolute atomic E-state index is 0.148. The van der Waals surface area contributed by atoms with Gasteiger partial charge in [0.1, 0.15) is 0 Å². The fourth-order valence-corrected chi connectivity index (χ4v) is 1.02. The molecule has 1 aromatic rings. The molecule has 0 unspecified atom stereocenters. The molecular weight excluding hydrogens is 210 g/mol. The molecule has 3 amide bonds. The van der Waals surface area contributed by atoms with Gasteiger partial charge in [0.05, 0.1) is 5.56 Å². The summed E-state index contributed by atoms with van der Waals surface area (Å²) in [6.07, 6.45) is 3.77. The van der Waals surface area contributed by atoms with Crippen LogP contribution in [0.25, 0.3) is 0 Å². The van der Waals surface area contributed by atoms with E-state index in [1.807, 2.05) is 0 Å². The van der Waals surface area contributed by atoms with Crippen LogP contribution in [0.15, 0.2) is 24.5 Å². The molecule has 1 saturated heterocycles. The van der Waals surface area contributed by atoms with Crippen molar-refractivity contribution in [1.29, 1.82) is 0 Å². The van der Waals surface area contributed by atoms with Crippen molar-refractivity contribution in [2.45, 2.75) is 12.8 Å². The van der Waals surface area contributed by atoms with Crippen LogP contribution in [0.5, 0.6) is 0 Å². The predicted molar refractivity (Wildman–Crippen MR) is 55.1 cm³/mol. The first-order valence-electron chi connectivity index (χ1n) is 4.62. The van der Waals surface area contributed by atoms with Crippen molar-refractivity contribution >= 4 is 17.7 Å². The zero-order valence-corrected chi connectivity index (χ0v) is 8.47.